The van der Waals surface area contributed by atoms with Crippen molar-refractivity contribution in [2.75, 3.05) is 31.1 Å². The predicted octanol–water partition coefficient (Wildman–Crippen LogP) is 3.10. The zero-order valence-corrected chi connectivity index (χ0v) is 13.2. The van der Waals surface area contributed by atoms with Gasteiger partial charge in [0.1, 0.15) is 12.4 Å². The van der Waals surface area contributed by atoms with Gasteiger partial charge in [-0.25, -0.2) is 0 Å². The predicted molar refractivity (Wildman–Crippen MR) is 92.2 cm³/mol. The fraction of sp³-hybridized carbons (Fsp3) is 0.316. The van der Waals surface area contributed by atoms with E-state index in [1.165, 1.54) is 12.8 Å². The number of ether oxygens (including phenoxy) is 1. The Hall–Kier alpha value is -2.49. The molecule has 0 aromatic heterocycles. The molecule has 2 aromatic carbocycles. The van der Waals surface area contributed by atoms with Crippen molar-refractivity contribution in [1.82, 2.24) is 5.32 Å². The Labute approximate surface area is 137 Å². The van der Waals surface area contributed by atoms with Crippen LogP contribution in [0.2, 0.25) is 0 Å². The van der Waals surface area contributed by atoms with Crippen LogP contribution in [0, 0.1) is 0 Å². The van der Waals surface area contributed by atoms with Crippen LogP contribution in [0.1, 0.15) is 23.2 Å². The minimum Gasteiger partial charge on any atom is -0.492 e. The molecule has 1 N–H and O–H groups in total. The second kappa shape index (κ2) is 7.68. The molecule has 0 unspecified atom stereocenters. The Kier molecular flexibility index (Phi) is 5.14. The van der Waals surface area contributed by atoms with Crippen LogP contribution < -0.4 is 15.0 Å². The van der Waals surface area contributed by atoms with E-state index >= 15 is 0 Å². The van der Waals surface area contributed by atoms with Crippen molar-refractivity contribution in [1.29, 1.82) is 0 Å². The summed E-state index contributed by atoms with van der Waals surface area (Å²) in [5.74, 6) is 0.781. The summed E-state index contributed by atoms with van der Waals surface area (Å²) in [5, 5.41) is 2.94. The van der Waals surface area contributed by atoms with E-state index in [-0.39, 0.29) is 5.91 Å². The summed E-state index contributed by atoms with van der Waals surface area (Å²) in [5.41, 5.74) is 1.78. The van der Waals surface area contributed by atoms with Gasteiger partial charge in [0.15, 0.2) is 0 Å². The van der Waals surface area contributed by atoms with Crippen molar-refractivity contribution in [3.05, 3.63) is 60.2 Å². The molecule has 0 atom stereocenters. The molecule has 4 heteroatoms. The average molecular weight is 310 g/mol. The topological polar surface area (TPSA) is 41.6 Å². The van der Waals surface area contributed by atoms with Gasteiger partial charge in [-0.05, 0) is 37.1 Å². The van der Waals surface area contributed by atoms with Crippen molar-refractivity contribution >= 4 is 11.6 Å². The van der Waals surface area contributed by atoms with E-state index in [2.05, 4.69) is 10.2 Å². The number of carbonyl (C=O) groups excluding carboxylic acids is 1. The van der Waals surface area contributed by atoms with Gasteiger partial charge in [0, 0.05) is 18.8 Å². The highest BCUT2D eigenvalue weighted by atomic mass is 16.5. The first kappa shape index (κ1) is 15.4. The van der Waals surface area contributed by atoms with Crippen LogP contribution in [0.5, 0.6) is 5.75 Å². The smallest absolute Gasteiger partial charge is 0.253 e. The number of carbonyl (C=O) groups is 1. The van der Waals surface area contributed by atoms with Crippen molar-refractivity contribution in [3.63, 3.8) is 0 Å². The van der Waals surface area contributed by atoms with Crippen molar-refractivity contribution in [2.45, 2.75) is 12.8 Å². The number of hydrogen-bond donors (Lipinski definition) is 1. The molecular weight excluding hydrogens is 288 g/mol. The molecule has 1 amide bonds. The zero-order chi connectivity index (χ0) is 15.9. The summed E-state index contributed by atoms with van der Waals surface area (Å²) >= 11 is 0. The summed E-state index contributed by atoms with van der Waals surface area (Å²) in [7, 11) is 0. The van der Waals surface area contributed by atoms with Crippen LogP contribution >= 0.6 is 0 Å². The summed E-state index contributed by atoms with van der Waals surface area (Å²) in [6.07, 6.45) is 2.39. The first-order valence-electron chi connectivity index (χ1n) is 8.14. The van der Waals surface area contributed by atoms with E-state index in [0.717, 1.165) is 30.1 Å². The van der Waals surface area contributed by atoms with Gasteiger partial charge in [0.2, 0.25) is 0 Å². The van der Waals surface area contributed by atoms with E-state index in [0.29, 0.717) is 13.2 Å². The van der Waals surface area contributed by atoms with Gasteiger partial charge in [0.25, 0.3) is 5.91 Å². The maximum atomic E-state index is 12.4. The lowest BCUT2D eigenvalue weighted by Crippen LogP contribution is -2.30. The minimum absolute atomic E-state index is 0.0378. The number of anilines is 1. The number of hydrogen-bond acceptors (Lipinski definition) is 3. The van der Waals surface area contributed by atoms with Crippen LogP contribution in [0.4, 0.5) is 5.69 Å². The van der Waals surface area contributed by atoms with E-state index in [9.17, 15) is 4.79 Å². The molecule has 3 rings (SSSR count). The normalized spacial score (nSPS) is 13.8. The summed E-state index contributed by atoms with van der Waals surface area (Å²) in [4.78, 5) is 14.7. The SMILES string of the molecule is O=C(NCCOc1ccccc1)c1ccccc1N1CCCC1. The maximum Gasteiger partial charge on any atom is 0.253 e. The van der Waals surface area contributed by atoms with E-state index in [4.69, 9.17) is 4.74 Å². The van der Waals surface area contributed by atoms with Crippen LogP contribution in [-0.2, 0) is 0 Å². The van der Waals surface area contributed by atoms with Crippen molar-refractivity contribution in [2.24, 2.45) is 0 Å². The minimum atomic E-state index is -0.0378. The zero-order valence-electron chi connectivity index (χ0n) is 13.2. The molecule has 0 aliphatic carbocycles. The molecule has 1 fully saturated rings. The second-order valence-electron chi connectivity index (χ2n) is 5.63. The lowest BCUT2D eigenvalue weighted by atomic mass is 10.1. The third kappa shape index (κ3) is 4.03. The molecule has 23 heavy (non-hydrogen) atoms. The maximum absolute atomic E-state index is 12.4. The summed E-state index contributed by atoms with van der Waals surface area (Å²) in [6, 6.07) is 17.4. The first-order chi connectivity index (χ1) is 11.3. The number of rotatable bonds is 6. The average Bonchev–Trinajstić information content (AvgIpc) is 3.14. The molecule has 120 valence electrons. The van der Waals surface area contributed by atoms with Gasteiger partial charge in [0.05, 0.1) is 12.1 Å². The van der Waals surface area contributed by atoms with Crippen LogP contribution in [-0.4, -0.2) is 32.1 Å². The van der Waals surface area contributed by atoms with Crippen molar-refractivity contribution < 1.29 is 9.53 Å². The van der Waals surface area contributed by atoms with Crippen LogP contribution in [0.25, 0.3) is 0 Å². The highest BCUT2D eigenvalue weighted by Gasteiger charge is 2.18. The summed E-state index contributed by atoms with van der Waals surface area (Å²) < 4.78 is 5.60. The van der Waals surface area contributed by atoms with Gasteiger partial charge >= 0.3 is 0 Å². The highest BCUT2D eigenvalue weighted by Crippen LogP contribution is 2.24. The van der Waals surface area contributed by atoms with Gasteiger partial charge in [-0.15, -0.1) is 0 Å². The molecule has 1 saturated heterocycles. The fourth-order valence-electron chi connectivity index (χ4n) is 2.84. The van der Waals surface area contributed by atoms with Crippen LogP contribution in [0.3, 0.4) is 0 Å². The Bertz CT molecular complexity index is 637. The molecule has 0 bridgehead atoms. The molecule has 0 spiro atoms. The molecule has 1 heterocycles. The lowest BCUT2D eigenvalue weighted by Gasteiger charge is -2.20. The highest BCUT2D eigenvalue weighted by molar-refractivity contribution is 5.99. The standard InChI is InChI=1S/C19H22N2O2/c22-19(20-12-15-23-16-8-2-1-3-9-16)17-10-4-5-11-18(17)21-13-6-7-14-21/h1-5,8-11H,6-7,12-15H2,(H,20,22). The second-order valence-corrected chi connectivity index (χ2v) is 5.63. The molecule has 1 aliphatic heterocycles. The van der Waals surface area contributed by atoms with Gasteiger partial charge < -0.3 is 15.0 Å². The van der Waals surface area contributed by atoms with Crippen LogP contribution in [0.15, 0.2) is 54.6 Å². The third-order valence-corrected chi connectivity index (χ3v) is 3.99. The number of benzene rings is 2. The number of para-hydroxylation sites is 2. The fourth-order valence-corrected chi connectivity index (χ4v) is 2.84. The Balaban J connectivity index is 1.54. The molecule has 0 saturated carbocycles. The van der Waals surface area contributed by atoms with Crippen molar-refractivity contribution in [3.8, 4) is 5.75 Å². The van der Waals surface area contributed by atoms with Gasteiger partial charge in [-0.1, -0.05) is 30.3 Å². The molecule has 0 radical (unpaired) electrons. The van der Waals surface area contributed by atoms with Gasteiger partial charge in [-0.2, -0.15) is 0 Å². The number of amides is 1. The Morgan fingerprint density at radius 1 is 1.00 bits per heavy atom. The molecule has 4 nitrogen and oxygen atoms in total. The van der Waals surface area contributed by atoms with E-state index in [1.807, 2.05) is 54.6 Å². The Morgan fingerprint density at radius 3 is 2.48 bits per heavy atom. The quantitative estimate of drug-likeness (QED) is 0.834. The third-order valence-electron chi connectivity index (χ3n) is 3.99. The Morgan fingerprint density at radius 2 is 1.70 bits per heavy atom. The first-order valence-corrected chi connectivity index (χ1v) is 8.14. The molecule has 1 aliphatic rings. The van der Waals surface area contributed by atoms with Gasteiger partial charge in [-0.3, -0.25) is 4.79 Å². The molecular formula is C19H22N2O2. The lowest BCUT2D eigenvalue weighted by molar-refractivity contribution is 0.0947. The van der Waals surface area contributed by atoms with E-state index < -0.39 is 0 Å². The molecule has 2 aromatic rings. The van der Waals surface area contributed by atoms with E-state index in [1.54, 1.807) is 0 Å². The summed E-state index contributed by atoms with van der Waals surface area (Å²) in [6.45, 7) is 3.01. The largest absolute Gasteiger partial charge is 0.492 e. The number of nitrogens with one attached hydrogen (secondary N) is 1. The monoisotopic (exact) mass is 310 g/mol. The number of nitrogens with zero attached hydrogens (tertiary/aromatic N) is 1.